The number of anilines is 1. The monoisotopic (exact) mass is 276 g/mol. The molecular weight excluding hydrogens is 256 g/mol. The highest BCUT2D eigenvalue weighted by atomic mass is 16.2. The first kappa shape index (κ1) is 14.4. The third kappa shape index (κ3) is 2.36. The van der Waals surface area contributed by atoms with Crippen LogP contribution in [-0.4, -0.2) is 15.2 Å². The maximum atomic E-state index is 12.0. The highest BCUT2D eigenvalue weighted by molar-refractivity contribution is 5.51. The predicted molar refractivity (Wildman–Crippen MR) is 76.7 cm³/mol. The molecule has 1 fully saturated rings. The zero-order valence-electron chi connectivity index (χ0n) is 12.1. The van der Waals surface area contributed by atoms with Gasteiger partial charge >= 0.3 is 5.69 Å². The maximum absolute atomic E-state index is 12.0. The lowest BCUT2D eigenvalue weighted by Crippen LogP contribution is -2.42. The van der Waals surface area contributed by atoms with Crippen LogP contribution in [0.3, 0.4) is 0 Å². The molecule has 0 aliphatic heterocycles. The molecule has 2 rings (SSSR count). The maximum Gasteiger partial charge on any atom is 0.332 e. The van der Waals surface area contributed by atoms with Crippen molar-refractivity contribution in [3.05, 3.63) is 26.4 Å². The molecule has 0 bridgehead atoms. The third-order valence-corrected chi connectivity index (χ3v) is 4.21. The Morgan fingerprint density at radius 3 is 2.45 bits per heavy atom. The van der Waals surface area contributed by atoms with E-state index in [0.717, 1.165) is 23.8 Å². The fourth-order valence-electron chi connectivity index (χ4n) is 2.82. The first-order valence-electron chi connectivity index (χ1n) is 6.94. The molecule has 1 heterocycles. The minimum Gasteiger partial charge on any atom is -0.367 e. The van der Waals surface area contributed by atoms with Gasteiger partial charge in [-0.2, -0.15) is 5.26 Å². The standard InChI is InChI=1S/C14H20N4O2/c1-9-6-4-5-7-11(9)16-12-10(8-15)13(19)18(3)14(20)17(12)2/h9,11,16H,4-7H2,1-3H3/t9-,11-/m1/s1. The second-order valence-corrected chi connectivity index (χ2v) is 5.55. The zero-order valence-corrected chi connectivity index (χ0v) is 12.1. The largest absolute Gasteiger partial charge is 0.367 e. The molecule has 20 heavy (non-hydrogen) atoms. The lowest BCUT2D eigenvalue weighted by molar-refractivity contribution is 0.348. The number of nitriles is 1. The van der Waals surface area contributed by atoms with Gasteiger partial charge in [-0.1, -0.05) is 19.8 Å². The van der Waals surface area contributed by atoms with Crippen molar-refractivity contribution in [2.45, 2.75) is 38.6 Å². The summed E-state index contributed by atoms with van der Waals surface area (Å²) in [7, 11) is 2.97. The lowest BCUT2D eigenvalue weighted by Gasteiger charge is -2.31. The number of hydrogen-bond acceptors (Lipinski definition) is 4. The third-order valence-electron chi connectivity index (χ3n) is 4.21. The number of aromatic nitrogens is 2. The van der Waals surface area contributed by atoms with Crippen LogP contribution >= 0.6 is 0 Å². The summed E-state index contributed by atoms with van der Waals surface area (Å²) >= 11 is 0. The molecule has 1 N–H and O–H groups in total. The van der Waals surface area contributed by atoms with E-state index in [9.17, 15) is 14.9 Å². The van der Waals surface area contributed by atoms with E-state index >= 15 is 0 Å². The van der Waals surface area contributed by atoms with Gasteiger partial charge in [0.05, 0.1) is 0 Å². The van der Waals surface area contributed by atoms with Crippen molar-refractivity contribution in [3.8, 4) is 6.07 Å². The van der Waals surface area contributed by atoms with E-state index in [0.29, 0.717) is 11.7 Å². The van der Waals surface area contributed by atoms with Crippen LogP contribution in [0.25, 0.3) is 0 Å². The van der Waals surface area contributed by atoms with Crippen molar-refractivity contribution in [2.24, 2.45) is 20.0 Å². The average molecular weight is 276 g/mol. The molecule has 0 radical (unpaired) electrons. The average Bonchev–Trinajstić information content (AvgIpc) is 2.45. The van der Waals surface area contributed by atoms with Crippen molar-refractivity contribution in [1.29, 1.82) is 5.26 Å². The normalized spacial score (nSPS) is 22.3. The smallest absolute Gasteiger partial charge is 0.332 e. The summed E-state index contributed by atoms with van der Waals surface area (Å²) in [4.78, 5) is 24.0. The second kappa shape index (κ2) is 5.53. The Balaban J connectivity index is 2.49. The highest BCUT2D eigenvalue weighted by Crippen LogP contribution is 2.26. The highest BCUT2D eigenvalue weighted by Gasteiger charge is 2.24. The molecule has 108 valence electrons. The molecule has 0 amide bonds. The Morgan fingerprint density at radius 2 is 1.85 bits per heavy atom. The van der Waals surface area contributed by atoms with Crippen LogP contribution in [0.5, 0.6) is 0 Å². The Kier molecular flexibility index (Phi) is 3.98. The SMILES string of the molecule is C[C@@H]1CCCC[C@H]1Nc1c(C#N)c(=O)n(C)c(=O)n1C. The molecule has 0 spiro atoms. The Hall–Kier alpha value is -2.03. The molecule has 1 saturated carbocycles. The molecular formula is C14H20N4O2. The van der Waals surface area contributed by atoms with Gasteiger partial charge in [-0.25, -0.2) is 4.79 Å². The van der Waals surface area contributed by atoms with Crippen molar-refractivity contribution >= 4 is 5.82 Å². The van der Waals surface area contributed by atoms with Gasteiger partial charge in [0.25, 0.3) is 5.56 Å². The summed E-state index contributed by atoms with van der Waals surface area (Å²) < 4.78 is 2.31. The van der Waals surface area contributed by atoms with Crippen molar-refractivity contribution in [3.63, 3.8) is 0 Å². The number of nitrogens with zero attached hydrogens (tertiary/aromatic N) is 3. The van der Waals surface area contributed by atoms with Gasteiger partial charge in [-0.05, 0) is 18.8 Å². The fourth-order valence-corrected chi connectivity index (χ4v) is 2.82. The van der Waals surface area contributed by atoms with Gasteiger partial charge in [0.1, 0.15) is 11.9 Å². The number of rotatable bonds is 2. The molecule has 1 aromatic heterocycles. The van der Waals surface area contributed by atoms with Crippen LogP contribution < -0.4 is 16.6 Å². The van der Waals surface area contributed by atoms with E-state index in [2.05, 4.69) is 12.2 Å². The Morgan fingerprint density at radius 1 is 1.20 bits per heavy atom. The number of hydrogen-bond donors (Lipinski definition) is 1. The van der Waals surface area contributed by atoms with Gasteiger partial charge in [-0.15, -0.1) is 0 Å². The van der Waals surface area contributed by atoms with E-state index < -0.39 is 11.2 Å². The molecule has 0 saturated heterocycles. The summed E-state index contributed by atoms with van der Waals surface area (Å²) in [5.74, 6) is 0.814. The van der Waals surface area contributed by atoms with Gasteiger partial charge < -0.3 is 5.32 Å². The Bertz CT molecular complexity index is 665. The summed E-state index contributed by atoms with van der Waals surface area (Å²) in [5.41, 5.74) is -0.950. The van der Waals surface area contributed by atoms with Crippen LogP contribution in [0.2, 0.25) is 0 Å². The van der Waals surface area contributed by atoms with Crippen LogP contribution in [0.4, 0.5) is 5.82 Å². The van der Waals surface area contributed by atoms with E-state index in [1.165, 1.54) is 18.0 Å². The van der Waals surface area contributed by atoms with E-state index in [4.69, 9.17) is 0 Å². The van der Waals surface area contributed by atoms with E-state index in [1.807, 2.05) is 6.07 Å². The van der Waals surface area contributed by atoms with Gasteiger partial charge in [0.2, 0.25) is 0 Å². The molecule has 1 aliphatic rings. The van der Waals surface area contributed by atoms with Crippen molar-refractivity contribution in [2.75, 3.05) is 5.32 Å². The Labute approximate surface area is 117 Å². The molecule has 0 aromatic carbocycles. The topological polar surface area (TPSA) is 79.8 Å². The molecule has 0 unspecified atom stereocenters. The van der Waals surface area contributed by atoms with Crippen LogP contribution in [0.15, 0.2) is 9.59 Å². The fraction of sp³-hybridized carbons (Fsp3) is 0.643. The minimum atomic E-state index is -0.540. The summed E-state index contributed by atoms with van der Waals surface area (Å²) in [6.07, 6.45) is 4.45. The lowest BCUT2D eigenvalue weighted by atomic mass is 9.86. The van der Waals surface area contributed by atoms with Gasteiger partial charge in [0.15, 0.2) is 5.56 Å². The molecule has 6 nitrogen and oxygen atoms in total. The van der Waals surface area contributed by atoms with Gasteiger partial charge in [-0.3, -0.25) is 13.9 Å². The van der Waals surface area contributed by atoms with Crippen LogP contribution in [0.1, 0.15) is 38.2 Å². The van der Waals surface area contributed by atoms with Crippen molar-refractivity contribution in [1.82, 2.24) is 9.13 Å². The molecule has 1 aliphatic carbocycles. The van der Waals surface area contributed by atoms with Crippen LogP contribution in [-0.2, 0) is 14.1 Å². The van der Waals surface area contributed by atoms with E-state index in [1.54, 1.807) is 7.05 Å². The predicted octanol–water partition coefficient (Wildman–Crippen LogP) is 0.946. The summed E-state index contributed by atoms with van der Waals surface area (Å²) in [6, 6.07) is 2.12. The van der Waals surface area contributed by atoms with Gasteiger partial charge in [0, 0.05) is 20.1 Å². The number of nitrogens with one attached hydrogen (secondary N) is 1. The van der Waals surface area contributed by atoms with Crippen LogP contribution in [0, 0.1) is 17.2 Å². The molecule has 6 heteroatoms. The minimum absolute atomic E-state index is 0.00683. The summed E-state index contributed by atoms with van der Waals surface area (Å²) in [6.45, 7) is 2.15. The summed E-state index contributed by atoms with van der Waals surface area (Å²) in [5, 5.41) is 12.5. The first-order valence-corrected chi connectivity index (χ1v) is 6.94. The zero-order chi connectivity index (χ0) is 14.9. The quantitative estimate of drug-likeness (QED) is 0.872. The molecule has 2 atom stereocenters. The van der Waals surface area contributed by atoms with Crippen molar-refractivity contribution < 1.29 is 0 Å². The molecule has 1 aromatic rings. The first-order chi connectivity index (χ1) is 9.47. The van der Waals surface area contributed by atoms with E-state index in [-0.39, 0.29) is 11.6 Å². The second-order valence-electron chi connectivity index (χ2n) is 5.55.